The second-order valence-electron chi connectivity index (χ2n) is 4.38. The van der Waals surface area contributed by atoms with E-state index < -0.39 is 0 Å². The van der Waals surface area contributed by atoms with Crippen molar-refractivity contribution in [2.45, 2.75) is 25.8 Å². The number of halogens is 1. The van der Waals surface area contributed by atoms with Crippen LogP contribution in [0.2, 0.25) is 0 Å². The zero-order chi connectivity index (χ0) is 11.4. The average Bonchev–Trinajstić information content (AvgIpc) is 2.83. The first-order chi connectivity index (χ1) is 7.77. The van der Waals surface area contributed by atoms with Crippen LogP contribution in [-0.2, 0) is 0 Å². The van der Waals surface area contributed by atoms with Crippen LogP contribution < -0.4 is 10.6 Å². The summed E-state index contributed by atoms with van der Waals surface area (Å²) in [4.78, 5) is 11.8. The maximum atomic E-state index is 11.8. The Balaban J connectivity index is 0.00000144. The van der Waals surface area contributed by atoms with E-state index in [1.54, 1.807) is 6.07 Å². The van der Waals surface area contributed by atoms with E-state index in [2.05, 4.69) is 17.6 Å². The summed E-state index contributed by atoms with van der Waals surface area (Å²) in [6.07, 6.45) is 5.36. The average molecular weight is 259 g/mol. The van der Waals surface area contributed by atoms with E-state index in [0.29, 0.717) is 11.5 Å². The van der Waals surface area contributed by atoms with E-state index in [-0.39, 0.29) is 24.4 Å². The molecule has 1 aliphatic rings. The van der Waals surface area contributed by atoms with Crippen LogP contribution in [0.3, 0.4) is 0 Å². The standard InChI is InChI=1S/C12H18N2O2.ClH/c1-9(10-3-2-5-13-7-10)14-12(15)11-4-6-16-8-11;/h4,6,8-10,13H,2-3,5,7H2,1H3,(H,14,15);1H. The molecule has 5 heteroatoms. The number of amides is 1. The van der Waals surface area contributed by atoms with Gasteiger partial charge in [-0.1, -0.05) is 0 Å². The summed E-state index contributed by atoms with van der Waals surface area (Å²) in [7, 11) is 0. The van der Waals surface area contributed by atoms with Crippen molar-refractivity contribution < 1.29 is 9.21 Å². The number of nitrogens with one attached hydrogen (secondary N) is 2. The summed E-state index contributed by atoms with van der Waals surface area (Å²) in [5, 5.41) is 6.37. The number of piperidine rings is 1. The first kappa shape index (κ1) is 14.1. The van der Waals surface area contributed by atoms with Crippen LogP contribution in [-0.4, -0.2) is 25.0 Å². The molecule has 1 amide bonds. The highest BCUT2D eigenvalue weighted by Gasteiger charge is 2.21. The van der Waals surface area contributed by atoms with Gasteiger partial charge < -0.3 is 15.1 Å². The van der Waals surface area contributed by atoms with Gasteiger partial charge in [-0.05, 0) is 44.8 Å². The number of carbonyl (C=O) groups is 1. The highest BCUT2D eigenvalue weighted by atomic mass is 35.5. The first-order valence-electron chi connectivity index (χ1n) is 5.81. The van der Waals surface area contributed by atoms with Gasteiger partial charge in [0.1, 0.15) is 6.26 Å². The molecular weight excluding hydrogens is 240 g/mol. The van der Waals surface area contributed by atoms with Crippen molar-refractivity contribution in [2.24, 2.45) is 5.92 Å². The predicted molar refractivity (Wildman–Crippen MR) is 68.5 cm³/mol. The third kappa shape index (κ3) is 3.75. The Morgan fingerprint density at radius 3 is 3.06 bits per heavy atom. The lowest BCUT2D eigenvalue weighted by atomic mass is 9.93. The van der Waals surface area contributed by atoms with Crippen molar-refractivity contribution in [1.82, 2.24) is 10.6 Å². The first-order valence-corrected chi connectivity index (χ1v) is 5.81. The van der Waals surface area contributed by atoms with Gasteiger partial charge in [-0.2, -0.15) is 0 Å². The minimum atomic E-state index is -0.0492. The van der Waals surface area contributed by atoms with Crippen molar-refractivity contribution >= 4 is 18.3 Å². The third-order valence-electron chi connectivity index (χ3n) is 3.18. The van der Waals surface area contributed by atoms with Crippen LogP contribution in [0.4, 0.5) is 0 Å². The molecule has 96 valence electrons. The molecule has 0 bridgehead atoms. The lowest BCUT2D eigenvalue weighted by molar-refractivity contribution is 0.0921. The van der Waals surface area contributed by atoms with Gasteiger partial charge in [0.2, 0.25) is 0 Å². The molecule has 0 aromatic carbocycles. The fourth-order valence-corrected chi connectivity index (χ4v) is 2.11. The molecule has 2 rings (SSSR count). The molecule has 2 unspecified atom stereocenters. The number of furan rings is 1. The Morgan fingerprint density at radius 1 is 1.65 bits per heavy atom. The lowest BCUT2D eigenvalue weighted by Gasteiger charge is -2.28. The number of carbonyl (C=O) groups excluding carboxylic acids is 1. The molecule has 1 aliphatic heterocycles. The van der Waals surface area contributed by atoms with E-state index >= 15 is 0 Å². The molecule has 17 heavy (non-hydrogen) atoms. The highest BCUT2D eigenvalue weighted by Crippen LogP contribution is 2.14. The molecule has 2 atom stereocenters. The van der Waals surface area contributed by atoms with Gasteiger partial charge in [-0.15, -0.1) is 12.4 Å². The summed E-state index contributed by atoms with van der Waals surface area (Å²) in [5.74, 6) is 0.483. The molecule has 4 nitrogen and oxygen atoms in total. The molecule has 1 aromatic heterocycles. The minimum absolute atomic E-state index is 0. The zero-order valence-electron chi connectivity index (χ0n) is 9.94. The molecule has 0 spiro atoms. The summed E-state index contributed by atoms with van der Waals surface area (Å²) < 4.78 is 4.89. The second kappa shape index (κ2) is 6.67. The van der Waals surface area contributed by atoms with E-state index in [1.807, 2.05) is 0 Å². The van der Waals surface area contributed by atoms with Crippen LogP contribution in [0, 0.1) is 5.92 Å². The Morgan fingerprint density at radius 2 is 2.47 bits per heavy atom. The zero-order valence-corrected chi connectivity index (χ0v) is 10.8. The molecule has 2 N–H and O–H groups in total. The Hall–Kier alpha value is -1.00. The molecular formula is C12H19ClN2O2. The normalized spacial score (nSPS) is 21.4. The topological polar surface area (TPSA) is 54.3 Å². The monoisotopic (exact) mass is 258 g/mol. The lowest BCUT2D eigenvalue weighted by Crippen LogP contribution is -2.44. The van der Waals surface area contributed by atoms with Crippen molar-refractivity contribution in [3.63, 3.8) is 0 Å². The molecule has 1 saturated heterocycles. The van der Waals surface area contributed by atoms with Crippen molar-refractivity contribution in [3.05, 3.63) is 24.2 Å². The van der Waals surface area contributed by atoms with Gasteiger partial charge in [0.25, 0.3) is 5.91 Å². The van der Waals surface area contributed by atoms with Gasteiger partial charge in [-0.3, -0.25) is 4.79 Å². The van der Waals surface area contributed by atoms with Gasteiger partial charge in [0.15, 0.2) is 0 Å². The second-order valence-corrected chi connectivity index (χ2v) is 4.38. The largest absolute Gasteiger partial charge is 0.472 e. The van der Waals surface area contributed by atoms with Crippen LogP contribution in [0.25, 0.3) is 0 Å². The van der Waals surface area contributed by atoms with Crippen LogP contribution in [0.5, 0.6) is 0 Å². The Kier molecular flexibility index (Phi) is 5.51. The van der Waals surface area contributed by atoms with E-state index in [1.165, 1.54) is 25.4 Å². The maximum Gasteiger partial charge on any atom is 0.254 e. The maximum absolute atomic E-state index is 11.8. The van der Waals surface area contributed by atoms with Crippen molar-refractivity contribution in [2.75, 3.05) is 13.1 Å². The van der Waals surface area contributed by atoms with Gasteiger partial charge in [0, 0.05) is 6.04 Å². The van der Waals surface area contributed by atoms with E-state index in [0.717, 1.165) is 13.1 Å². The molecule has 1 aromatic rings. The van der Waals surface area contributed by atoms with Crippen LogP contribution in [0.1, 0.15) is 30.1 Å². The molecule has 0 radical (unpaired) electrons. The predicted octanol–water partition coefficient (Wildman–Crippen LogP) is 1.82. The SMILES string of the molecule is CC(NC(=O)c1ccoc1)C1CCCNC1.Cl. The van der Waals surface area contributed by atoms with E-state index in [9.17, 15) is 4.79 Å². The van der Waals surface area contributed by atoms with Gasteiger partial charge in [-0.25, -0.2) is 0 Å². The fourth-order valence-electron chi connectivity index (χ4n) is 2.11. The minimum Gasteiger partial charge on any atom is -0.472 e. The van der Waals surface area contributed by atoms with Gasteiger partial charge >= 0.3 is 0 Å². The van der Waals surface area contributed by atoms with Crippen molar-refractivity contribution in [3.8, 4) is 0 Å². The number of rotatable bonds is 3. The van der Waals surface area contributed by atoms with Crippen molar-refractivity contribution in [1.29, 1.82) is 0 Å². The third-order valence-corrected chi connectivity index (χ3v) is 3.18. The molecule has 0 aliphatic carbocycles. The Labute approximate surface area is 108 Å². The van der Waals surface area contributed by atoms with Crippen LogP contribution in [0.15, 0.2) is 23.0 Å². The molecule has 0 saturated carbocycles. The summed E-state index contributed by atoms with van der Waals surface area (Å²) in [5.41, 5.74) is 0.593. The number of hydrogen-bond acceptors (Lipinski definition) is 3. The molecule has 2 heterocycles. The van der Waals surface area contributed by atoms with E-state index in [4.69, 9.17) is 4.42 Å². The molecule has 1 fully saturated rings. The fraction of sp³-hybridized carbons (Fsp3) is 0.583. The van der Waals surface area contributed by atoms with Crippen LogP contribution >= 0.6 is 12.4 Å². The van der Waals surface area contributed by atoms with Gasteiger partial charge in [0.05, 0.1) is 11.8 Å². The summed E-state index contributed by atoms with van der Waals surface area (Å²) in [6, 6.07) is 1.89. The highest BCUT2D eigenvalue weighted by molar-refractivity contribution is 5.93. The Bertz CT molecular complexity index is 334. The number of hydrogen-bond donors (Lipinski definition) is 2. The quantitative estimate of drug-likeness (QED) is 0.870. The summed E-state index contributed by atoms with van der Waals surface area (Å²) in [6.45, 7) is 4.15. The smallest absolute Gasteiger partial charge is 0.254 e. The summed E-state index contributed by atoms with van der Waals surface area (Å²) >= 11 is 0.